The van der Waals surface area contributed by atoms with Gasteiger partial charge in [-0.3, -0.25) is 14.5 Å². The van der Waals surface area contributed by atoms with E-state index < -0.39 is 0 Å². The molecule has 1 N–H and O–H groups in total. The van der Waals surface area contributed by atoms with Crippen molar-refractivity contribution in [3.63, 3.8) is 0 Å². The SMILES string of the molecule is C[C@H](CNC(=O)CN1CCSC1=O)N1CCCC1. The molecule has 2 fully saturated rings. The van der Waals surface area contributed by atoms with E-state index in [4.69, 9.17) is 0 Å². The fourth-order valence-corrected chi connectivity index (χ4v) is 3.20. The Bertz CT molecular complexity index is 318. The lowest BCUT2D eigenvalue weighted by Crippen LogP contribution is -2.44. The van der Waals surface area contributed by atoms with Crippen LogP contribution in [0.25, 0.3) is 0 Å². The van der Waals surface area contributed by atoms with Gasteiger partial charge in [0.2, 0.25) is 5.91 Å². The first-order chi connectivity index (χ1) is 8.66. The van der Waals surface area contributed by atoms with E-state index in [9.17, 15) is 9.59 Å². The summed E-state index contributed by atoms with van der Waals surface area (Å²) in [6.45, 7) is 5.99. The zero-order valence-electron chi connectivity index (χ0n) is 10.9. The summed E-state index contributed by atoms with van der Waals surface area (Å²) in [5, 5.41) is 2.95. The molecule has 2 aliphatic heterocycles. The van der Waals surface area contributed by atoms with Crippen molar-refractivity contribution in [3.8, 4) is 0 Å². The average molecular weight is 271 g/mol. The Kier molecular flexibility index (Phi) is 4.88. The third-order valence-electron chi connectivity index (χ3n) is 3.54. The third kappa shape index (κ3) is 3.62. The molecule has 5 nitrogen and oxygen atoms in total. The molecule has 0 aromatic rings. The largest absolute Gasteiger partial charge is 0.353 e. The summed E-state index contributed by atoms with van der Waals surface area (Å²) in [5.74, 6) is 0.757. The van der Waals surface area contributed by atoms with Crippen LogP contribution in [0.15, 0.2) is 0 Å². The zero-order chi connectivity index (χ0) is 13.0. The molecule has 0 unspecified atom stereocenters. The van der Waals surface area contributed by atoms with Gasteiger partial charge in [0.05, 0.1) is 0 Å². The second kappa shape index (κ2) is 6.43. The number of thioether (sulfide) groups is 1. The number of likely N-dealkylation sites (tertiary alicyclic amines) is 1. The first kappa shape index (κ1) is 13.7. The minimum absolute atomic E-state index is 0.0257. The lowest BCUT2D eigenvalue weighted by Gasteiger charge is -2.24. The molecule has 0 aromatic carbocycles. The van der Waals surface area contributed by atoms with Crippen molar-refractivity contribution in [3.05, 3.63) is 0 Å². The summed E-state index contributed by atoms with van der Waals surface area (Å²) in [6.07, 6.45) is 2.52. The van der Waals surface area contributed by atoms with Crippen LogP contribution in [0, 0.1) is 0 Å². The number of amides is 2. The molecule has 1 atom stereocenters. The van der Waals surface area contributed by atoms with Crippen molar-refractivity contribution in [1.29, 1.82) is 0 Å². The molecule has 18 heavy (non-hydrogen) atoms. The summed E-state index contributed by atoms with van der Waals surface area (Å²) in [6, 6.07) is 0.389. The van der Waals surface area contributed by atoms with Crippen molar-refractivity contribution in [1.82, 2.24) is 15.1 Å². The van der Waals surface area contributed by atoms with Crippen molar-refractivity contribution < 1.29 is 9.59 Å². The lowest BCUT2D eigenvalue weighted by molar-refractivity contribution is -0.121. The molecule has 0 saturated carbocycles. The maximum atomic E-state index is 11.7. The molecule has 0 spiro atoms. The summed E-state index contributed by atoms with van der Waals surface area (Å²) in [7, 11) is 0. The first-order valence-corrected chi connectivity index (χ1v) is 7.58. The summed E-state index contributed by atoms with van der Waals surface area (Å²) in [4.78, 5) is 27.1. The molecule has 6 heteroatoms. The Morgan fingerprint density at radius 2 is 2.11 bits per heavy atom. The fraction of sp³-hybridized carbons (Fsp3) is 0.833. The highest BCUT2D eigenvalue weighted by atomic mass is 32.2. The van der Waals surface area contributed by atoms with Gasteiger partial charge in [-0.2, -0.15) is 0 Å². The van der Waals surface area contributed by atoms with Gasteiger partial charge in [0.25, 0.3) is 5.24 Å². The van der Waals surface area contributed by atoms with Crippen LogP contribution in [-0.2, 0) is 4.79 Å². The predicted molar refractivity (Wildman–Crippen MR) is 72.7 cm³/mol. The van der Waals surface area contributed by atoms with Crippen LogP contribution < -0.4 is 5.32 Å². The van der Waals surface area contributed by atoms with Crippen molar-refractivity contribution >= 4 is 22.9 Å². The summed E-state index contributed by atoms with van der Waals surface area (Å²) in [5.41, 5.74) is 0. The molecular formula is C12H21N3O2S. The van der Waals surface area contributed by atoms with E-state index in [-0.39, 0.29) is 17.7 Å². The topological polar surface area (TPSA) is 52.7 Å². The Morgan fingerprint density at radius 1 is 1.39 bits per heavy atom. The molecule has 2 aliphatic rings. The Balaban J connectivity index is 1.66. The predicted octanol–water partition coefficient (Wildman–Crippen LogP) is 0.756. The van der Waals surface area contributed by atoms with Gasteiger partial charge in [-0.05, 0) is 32.9 Å². The average Bonchev–Trinajstić information content (AvgIpc) is 2.99. The molecule has 2 heterocycles. The van der Waals surface area contributed by atoms with Crippen molar-refractivity contribution in [2.24, 2.45) is 0 Å². The second-order valence-corrected chi connectivity index (χ2v) is 5.98. The highest BCUT2D eigenvalue weighted by Crippen LogP contribution is 2.16. The number of nitrogens with one attached hydrogen (secondary N) is 1. The van der Waals surface area contributed by atoms with Gasteiger partial charge < -0.3 is 10.2 Å². The van der Waals surface area contributed by atoms with E-state index in [0.29, 0.717) is 19.1 Å². The van der Waals surface area contributed by atoms with Crippen LogP contribution in [0.1, 0.15) is 19.8 Å². The van der Waals surface area contributed by atoms with Crippen LogP contribution in [0.5, 0.6) is 0 Å². The van der Waals surface area contributed by atoms with Crippen LogP contribution in [0.3, 0.4) is 0 Å². The first-order valence-electron chi connectivity index (χ1n) is 6.59. The van der Waals surface area contributed by atoms with E-state index in [1.165, 1.54) is 24.6 Å². The van der Waals surface area contributed by atoms with Gasteiger partial charge in [-0.1, -0.05) is 11.8 Å². The monoisotopic (exact) mass is 271 g/mol. The Hall–Kier alpha value is -0.750. The molecule has 0 bridgehead atoms. The second-order valence-electron chi connectivity index (χ2n) is 4.93. The van der Waals surface area contributed by atoms with Gasteiger partial charge in [0, 0.05) is 24.9 Å². The number of nitrogens with zero attached hydrogens (tertiary/aromatic N) is 2. The fourth-order valence-electron chi connectivity index (χ4n) is 2.37. The number of hydrogen-bond donors (Lipinski definition) is 1. The number of rotatable bonds is 5. The van der Waals surface area contributed by atoms with E-state index in [1.807, 2.05) is 0 Å². The van der Waals surface area contributed by atoms with Crippen LogP contribution >= 0.6 is 11.8 Å². The smallest absolute Gasteiger partial charge is 0.282 e. The van der Waals surface area contributed by atoms with Gasteiger partial charge in [-0.25, -0.2) is 0 Å². The quantitative estimate of drug-likeness (QED) is 0.802. The van der Waals surface area contributed by atoms with Crippen molar-refractivity contribution in [2.75, 3.05) is 38.5 Å². The molecule has 2 saturated heterocycles. The molecule has 2 amide bonds. The van der Waals surface area contributed by atoms with Crippen LogP contribution in [0.4, 0.5) is 4.79 Å². The van der Waals surface area contributed by atoms with Gasteiger partial charge in [0.1, 0.15) is 6.54 Å². The summed E-state index contributed by atoms with van der Waals surface area (Å²) < 4.78 is 0. The van der Waals surface area contributed by atoms with E-state index in [2.05, 4.69) is 17.1 Å². The maximum Gasteiger partial charge on any atom is 0.282 e. The minimum atomic E-state index is -0.0445. The molecule has 102 valence electrons. The van der Waals surface area contributed by atoms with Gasteiger partial charge >= 0.3 is 0 Å². The van der Waals surface area contributed by atoms with Crippen LogP contribution in [0.2, 0.25) is 0 Å². The Morgan fingerprint density at radius 3 is 2.72 bits per heavy atom. The van der Waals surface area contributed by atoms with Crippen molar-refractivity contribution in [2.45, 2.75) is 25.8 Å². The molecular weight excluding hydrogens is 250 g/mol. The van der Waals surface area contributed by atoms with Gasteiger partial charge in [-0.15, -0.1) is 0 Å². The summed E-state index contributed by atoms with van der Waals surface area (Å²) >= 11 is 1.29. The number of hydrogen-bond acceptors (Lipinski definition) is 4. The molecule has 0 radical (unpaired) electrons. The highest BCUT2D eigenvalue weighted by Gasteiger charge is 2.24. The molecule has 0 aromatic heterocycles. The third-order valence-corrected chi connectivity index (χ3v) is 4.43. The Labute approximate surface area is 112 Å². The van der Waals surface area contributed by atoms with Gasteiger partial charge in [0.15, 0.2) is 0 Å². The number of carbonyl (C=O) groups is 2. The maximum absolute atomic E-state index is 11.7. The van der Waals surface area contributed by atoms with E-state index in [1.54, 1.807) is 4.90 Å². The highest BCUT2D eigenvalue weighted by molar-refractivity contribution is 8.13. The van der Waals surface area contributed by atoms with E-state index >= 15 is 0 Å². The zero-order valence-corrected chi connectivity index (χ0v) is 11.7. The standard InChI is InChI=1S/C12H21N3O2S/c1-10(14-4-2-3-5-14)8-13-11(16)9-15-6-7-18-12(15)17/h10H,2-9H2,1H3,(H,13,16)/t10-/m1/s1. The number of carbonyl (C=O) groups excluding carboxylic acids is 2. The molecule has 0 aliphatic carbocycles. The lowest BCUT2D eigenvalue weighted by atomic mass is 10.3. The minimum Gasteiger partial charge on any atom is -0.353 e. The normalized spacial score (nSPS) is 22.5. The van der Waals surface area contributed by atoms with Crippen LogP contribution in [-0.4, -0.2) is 65.5 Å². The van der Waals surface area contributed by atoms with E-state index in [0.717, 1.165) is 18.8 Å². The molecule has 2 rings (SSSR count).